The summed E-state index contributed by atoms with van der Waals surface area (Å²) in [5.74, 6) is -0.825. The standard InChI is InChI=1S/C17H17F3N2O4/c18-17(19,20)15-10-5-16(6-10,26-15)9-21-13(23)7-22-11-3-1-2-4-12(11)25-8-14(22)24/h1-4,10,15H,5-9H2,(H,21,23). The molecule has 1 atom stereocenters. The molecule has 0 spiro atoms. The number of para-hydroxylation sites is 2. The van der Waals surface area contributed by atoms with Gasteiger partial charge in [-0.2, -0.15) is 13.2 Å². The fourth-order valence-corrected chi connectivity index (χ4v) is 3.88. The zero-order valence-electron chi connectivity index (χ0n) is 13.7. The van der Waals surface area contributed by atoms with Gasteiger partial charge in [0.25, 0.3) is 5.91 Å². The number of benzene rings is 1. The summed E-state index contributed by atoms with van der Waals surface area (Å²) in [6.45, 7) is -0.372. The smallest absolute Gasteiger partial charge is 0.414 e. The van der Waals surface area contributed by atoms with Gasteiger partial charge < -0.3 is 14.8 Å². The lowest BCUT2D eigenvalue weighted by Crippen LogP contribution is -2.51. The van der Waals surface area contributed by atoms with E-state index in [1.54, 1.807) is 24.3 Å². The molecule has 5 rings (SSSR count). The molecule has 140 valence electrons. The Labute approximate surface area is 147 Å². The maximum absolute atomic E-state index is 12.8. The van der Waals surface area contributed by atoms with Crippen molar-refractivity contribution in [3.05, 3.63) is 24.3 Å². The number of carbonyl (C=O) groups is 2. The van der Waals surface area contributed by atoms with Gasteiger partial charge in [0, 0.05) is 6.54 Å². The van der Waals surface area contributed by atoms with Gasteiger partial charge >= 0.3 is 6.18 Å². The number of hydrogen-bond donors (Lipinski definition) is 1. The van der Waals surface area contributed by atoms with Crippen LogP contribution in [0.15, 0.2) is 24.3 Å². The molecule has 2 bridgehead atoms. The van der Waals surface area contributed by atoms with Crippen molar-refractivity contribution in [2.24, 2.45) is 5.92 Å². The van der Waals surface area contributed by atoms with E-state index in [-0.39, 0.29) is 38.4 Å². The Morgan fingerprint density at radius 2 is 2.04 bits per heavy atom. The number of carbonyl (C=O) groups excluding carboxylic acids is 2. The topological polar surface area (TPSA) is 67.9 Å². The van der Waals surface area contributed by atoms with Gasteiger partial charge in [0.2, 0.25) is 5.91 Å². The minimum atomic E-state index is -4.38. The molecule has 0 aromatic heterocycles. The Bertz CT molecular complexity index is 746. The van der Waals surface area contributed by atoms with E-state index in [4.69, 9.17) is 9.47 Å². The summed E-state index contributed by atoms with van der Waals surface area (Å²) in [5, 5.41) is 2.61. The fourth-order valence-electron chi connectivity index (χ4n) is 3.88. The summed E-state index contributed by atoms with van der Waals surface area (Å²) in [7, 11) is 0. The first kappa shape index (κ1) is 17.1. The van der Waals surface area contributed by atoms with Gasteiger partial charge in [-0.1, -0.05) is 12.1 Å². The van der Waals surface area contributed by atoms with Gasteiger partial charge in [0.05, 0.1) is 11.3 Å². The van der Waals surface area contributed by atoms with Crippen LogP contribution < -0.4 is 15.0 Å². The van der Waals surface area contributed by atoms with Crippen LogP contribution in [0.1, 0.15) is 12.8 Å². The minimum absolute atomic E-state index is 0.00902. The first-order valence-electron chi connectivity index (χ1n) is 8.31. The molecular weight excluding hydrogens is 353 g/mol. The molecule has 4 aliphatic rings. The van der Waals surface area contributed by atoms with Crippen LogP contribution >= 0.6 is 0 Å². The molecule has 1 unspecified atom stereocenters. The third-order valence-corrected chi connectivity index (χ3v) is 5.11. The maximum Gasteiger partial charge on any atom is 0.414 e. The molecule has 1 N–H and O–H groups in total. The largest absolute Gasteiger partial charge is 0.482 e. The van der Waals surface area contributed by atoms with E-state index in [2.05, 4.69) is 5.32 Å². The Kier molecular flexibility index (Phi) is 3.87. The van der Waals surface area contributed by atoms with Crippen LogP contribution in [0.3, 0.4) is 0 Å². The number of rotatable bonds is 4. The van der Waals surface area contributed by atoms with Crippen LogP contribution in [0.2, 0.25) is 0 Å². The number of nitrogens with zero attached hydrogens (tertiary/aromatic N) is 1. The molecule has 2 amide bonds. The van der Waals surface area contributed by atoms with Crippen molar-refractivity contribution < 1.29 is 32.2 Å². The molecular formula is C17H17F3N2O4. The van der Waals surface area contributed by atoms with Crippen molar-refractivity contribution in [1.82, 2.24) is 5.32 Å². The molecule has 9 heteroatoms. The van der Waals surface area contributed by atoms with Crippen LogP contribution in [0.25, 0.3) is 0 Å². The highest BCUT2D eigenvalue weighted by Crippen LogP contribution is 2.56. The molecule has 3 aliphatic heterocycles. The Hall–Kier alpha value is -2.29. The van der Waals surface area contributed by atoms with E-state index < -0.39 is 29.7 Å². The lowest BCUT2D eigenvalue weighted by Gasteiger charge is -2.36. The summed E-state index contributed by atoms with van der Waals surface area (Å²) in [6, 6.07) is 6.85. The first-order chi connectivity index (χ1) is 12.3. The van der Waals surface area contributed by atoms with Gasteiger partial charge in [-0.05, 0) is 30.9 Å². The van der Waals surface area contributed by atoms with Crippen LogP contribution in [0.4, 0.5) is 18.9 Å². The number of alkyl halides is 3. The highest BCUT2D eigenvalue weighted by molar-refractivity contribution is 6.02. The highest BCUT2D eigenvalue weighted by Gasteiger charge is 2.65. The average molecular weight is 370 g/mol. The van der Waals surface area contributed by atoms with Crippen LogP contribution in [-0.4, -0.2) is 49.4 Å². The molecule has 3 fully saturated rings. The van der Waals surface area contributed by atoms with E-state index in [1.165, 1.54) is 4.90 Å². The quantitative estimate of drug-likeness (QED) is 0.875. The second-order valence-corrected chi connectivity index (χ2v) is 6.94. The average Bonchev–Trinajstić information content (AvgIpc) is 3.12. The van der Waals surface area contributed by atoms with E-state index in [0.29, 0.717) is 11.4 Å². The predicted octanol–water partition coefficient (Wildman–Crippen LogP) is 1.64. The van der Waals surface area contributed by atoms with Crippen molar-refractivity contribution >= 4 is 17.5 Å². The lowest BCUT2D eigenvalue weighted by atomic mass is 9.72. The van der Waals surface area contributed by atoms with Crippen LogP contribution in [0.5, 0.6) is 5.75 Å². The van der Waals surface area contributed by atoms with E-state index in [1.807, 2.05) is 0 Å². The molecule has 1 aromatic rings. The van der Waals surface area contributed by atoms with E-state index in [9.17, 15) is 22.8 Å². The zero-order valence-corrected chi connectivity index (χ0v) is 13.7. The normalized spacial score (nSPS) is 29.7. The Morgan fingerprint density at radius 3 is 2.73 bits per heavy atom. The van der Waals surface area contributed by atoms with E-state index >= 15 is 0 Å². The second-order valence-electron chi connectivity index (χ2n) is 6.94. The molecule has 0 radical (unpaired) electrons. The van der Waals surface area contributed by atoms with Crippen molar-refractivity contribution in [3.8, 4) is 5.75 Å². The third kappa shape index (κ3) is 2.90. The number of nitrogens with one attached hydrogen (secondary N) is 1. The summed E-state index contributed by atoms with van der Waals surface area (Å²) < 4.78 is 49.0. The molecule has 1 aromatic carbocycles. The molecule has 3 heterocycles. The Balaban J connectivity index is 1.35. The molecule has 26 heavy (non-hydrogen) atoms. The molecule has 6 nitrogen and oxygen atoms in total. The lowest BCUT2D eigenvalue weighted by molar-refractivity contribution is -0.216. The predicted molar refractivity (Wildman–Crippen MR) is 83.7 cm³/mol. The van der Waals surface area contributed by atoms with Crippen LogP contribution in [0, 0.1) is 5.92 Å². The Morgan fingerprint density at radius 1 is 1.31 bits per heavy atom. The van der Waals surface area contributed by atoms with Crippen molar-refractivity contribution in [2.75, 3.05) is 24.6 Å². The molecule has 1 saturated carbocycles. The summed E-state index contributed by atoms with van der Waals surface area (Å²) in [5.41, 5.74) is -0.442. The summed E-state index contributed by atoms with van der Waals surface area (Å²) in [6.07, 6.45) is -5.54. The summed E-state index contributed by atoms with van der Waals surface area (Å²) >= 11 is 0. The molecule has 2 saturated heterocycles. The number of fused-ring (bicyclic) bond motifs is 2. The van der Waals surface area contributed by atoms with Gasteiger partial charge in [0.1, 0.15) is 12.3 Å². The zero-order chi connectivity index (χ0) is 18.5. The van der Waals surface area contributed by atoms with E-state index in [0.717, 1.165) is 0 Å². The monoisotopic (exact) mass is 370 g/mol. The summed E-state index contributed by atoms with van der Waals surface area (Å²) in [4.78, 5) is 25.6. The van der Waals surface area contributed by atoms with Crippen LogP contribution in [-0.2, 0) is 14.3 Å². The maximum atomic E-state index is 12.8. The molecule has 1 aliphatic carbocycles. The van der Waals surface area contributed by atoms with Gasteiger partial charge in [0.15, 0.2) is 12.7 Å². The first-order valence-corrected chi connectivity index (χ1v) is 8.31. The fraction of sp³-hybridized carbons (Fsp3) is 0.529. The van der Waals surface area contributed by atoms with Crippen molar-refractivity contribution in [1.29, 1.82) is 0 Å². The second kappa shape index (κ2) is 5.87. The van der Waals surface area contributed by atoms with Crippen molar-refractivity contribution in [2.45, 2.75) is 30.7 Å². The minimum Gasteiger partial charge on any atom is -0.482 e. The van der Waals surface area contributed by atoms with Gasteiger partial charge in [-0.15, -0.1) is 0 Å². The van der Waals surface area contributed by atoms with Gasteiger partial charge in [-0.3, -0.25) is 14.5 Å². The third-order valence-electron chi connectivity index (χ3n) is 5.11. The van der Waals surface area contributed by atoms with Crippen molar-refractivity contribution in [3.63, 3.8) is 0 Å². The number of hydrogen-bond acceptors (Lipinski definition) is 4. The number of halogens is 3. The highest BCUT2D eigenvalue weighted by atomic mass is 19.4. The number of amides is 2. The number of ether oxygens (including phenoxy) is 2. The van der Waals surface area contributed by atoms with Gasteiger partial charge in [-0.25, -0.2) is 0 Å². The number of anilines is 1. The SMILES string of the molecule is O=C(CN1C(=O)COc2ccccc21)NCC12CC(C1)C(C(F)(F)F)O2.